The molecule has 0 atom stereocenters. The van der Waals surface area contributed by atoms with E-state index in [4.69, 9.17) is 9.47 Å². The summed E-state index contributed by atoms with van der Waals surface area (Å²) in [6, 6.07) is 14.1. The third-order valence-corrected chi connectivity index (χ3v) is 4.62. The molecule has 0 amide bonds. The van der Waals surface area contributed by atoms with Crippen LogP contribution >= 0.6 is 0 Å². The molecule has 0 radical (unpaired) electrons. The minimum atomic E-state index is -0.208. The molecule has 0 fully saturated rings. The molecule has 0 saturated carbocycles. The maximum absolute atomic E-state index is 11.8. The molecule has 0 aliphatic carbocycles. The van der Waals surface area contributed by atoms with Gasteiger partial charge in [-0.1, -0.05) is 51.4 Å². The van der Waals surface area contributed by atoms with E-state index in [2.05, 4.69) is 37.5 Å². The van der Waals surface area contributed by atoms with Crippen molar-refractivity contribution in [2.75, 3.05) is 0 Å². The second kappa shape index (κ2) is 14.5. The molecular weight excluding hydrogens is 400 g/mol. The van der Waals surface area contributed by atoms with Gasteiger partial charge in [-0.2, -0.15) is 0 Å². The van der Waals surface area contributed by atoms with Crippen molar-refractivity contribution in [2.45, 2.75) is 65.2 Å². The zero-order valence-corrected chi connectivity index (χ0v) is 18.9. The van der Waals surface area contributed by atoms with E-state index in [1.54, 1.807) is 48.5 Å². The summed E-state index contributed by atoms with van der Waals surface area (Å²) in [4.78, 5) is 23.5. The third-order valence-electron chi connectivity index (χ3n) is 4.62. The number of hydrogen-bond acceptors (Lipinski definition) is 4. The van der Waals surface area contributed by atoms with Gasteiger partial charge in [0.15, 0.2) is 0 Å². The Morgan fingerprint density at radius 3 is 1.34 bits per heavy atom. The Morgan fingerprint density at radius 1 is 0.625 bits per heavy atom. The second-order valence-corrected chi connectivity index (χ2v) is 7.41. The van der Waals surface area contributed by atoms with Gasteiger partial charge in [0.05, 0.1) is 0 Å². The van der Waals surface area contributed by atoms with Gasteiger partial charge in [-0.05, 0) is 73.2 Å². The van der Waals surface area contributed by atoms with Gasteiger partial charge in [-0.25, -0.2) is 0 Å². The maximum atomic E-state index is 11.8. The van der Waals surface area contributed by atoms with Crippen molar-refractivity contribution in [3.05, 3.63) is 59.7 Å². The van der Waals surface area contributed by atoms with Crippen molar-refractivity contribution in [1.29, 1.82) is 0 Å². The molecule has 4 heteroatoms. The molecule has 0 N–H and O–H groups in total. The predicted octanol–water partition coefficient (Wildman–Crippen LogP) is 6.06. The van der Waals surface area contributed by atoms with Crippen LogP contribution in [0, 0.1) is 23.7 Å². The van der Waals surface area contributed by atoms with E-state index in [1.165, 1.54) is 0 Å². The van der Waals surface area contributed by atoms with Crippen LogP contribution in [-0.4, -0.2) is 11.9 Å². The van der Waals surface area contributed by atoms with E-state index < -0.39 is 0 Å². The summed E-state index contributed by atoms with van der Waals surface area (Å²) in [5.41, 5.74) is 1.57. The molecule has 0 aromatic heterocycles. The Hall–Kier alpha value is -3.50. The first kappa shape index (κ1) is 24.8. The first-order chi connectivity index (χ1) is 15.6. The molecule has 0 heterocycles. The van der Waals surface area contributed by atoms with Crippen LogP contribution < -0.4 is 9.47 Å². The molecule has 4 nitrogen and oxygen atoms in total. The molecule has 0 bridgehead atoms. The lowest BCUT2D eigenvalue weighted by molar-refractivity contribution is -0.135. The van der Waals surface area contributed by atoms with Crippen molar-refractivity contribution in [2.24, 2.45) is 0 Å². The molecule has 2 aromatic rings. The lowest BCUT2D eigenvalue weighted by Gasteiger charge is -2.03. The van der Waals surface area contributed by atoms with Crippen LogP contribution in [0.1, 0.15) is 76.3 Å². The molecular formula is C28H30O4. The number of rotatable bonds is 10. The average Bonchev–Trinajstić information content (AvgIpc) is 2.79. The number of esters is 2. The topological polar surface area (TPSA) is 52.6 Å². The van der Waals surface area contributed by atoms with E-state index >= 15 is 0 Å². The van der Waals surface area contributed by atoms with Gasteiger partial charge in [0.2, 0.25) is 0 Å². The lowest BCUT2D eigenvalue weighted by Crippen LogP contribution is -2.07. The van der Waals surface area contributed by atoms with E-state index in [0.717, 1.165) is 49.7 Å². The van der Waals surface area contributed by atoms with Crippen molar-refractivity contribution >= 4 is 11.9 Å². The number of unbranched alkanes of at least 4 members (excludes halogenated alkanes) is 4. The Bertz CT molecular complexity index is 897. The smallest absolute Gasteiger partial charge is 0.311 e. The number of carbonyl (C=O) groups excluding carboxylic acids is 2. The van der Waals surface area contributed by atoms with Gasteiger partial charge in [0, 0.05) is 24.0 Å². The molecule has 0 aliphatic rings. The van der Waals surface area contributed by atoms with Gasteiger partial charge in [0.25, 0.3) is 0 Å². The van der Waals surface area contributed by atoms with Crippen LogP contribution in [0.4, 0.5) is 0 Å². The van der Waals surface area contributed by atoms with Crippen molar-refractivity contribution < 1.29 is 19.1 Å². The highest BCUT2D eigenvalue weighted by Gasteiger charge is 2.05. The SMILES string of the molecule is CCCCCC(=O)Oc1ccc(C#CC#Cc2ccc(OC(=O)CCCCC)cc2)cc1. The fourth-order valence-corrected chi connectivity index (χ4v) is 2.82. The number of benzene rings is 2. The van der Waals surface area contributed by atoms with Gasteiger partial charge in [0.1, 0.15) is 11.5 Å². The average molecular weight is 431 g/mol. The fourth-order valence-electron chi connectivity index (χ4n) is 2.82. The summed E-state index contributed by atoms with van der Waals surface area (Å²) in [6.07, 6.45) is 6.78. The van der Waals surface area contributed by atoms with Crippen molar-refractivity contribution in [1.82, 2.24) is 0 Å². The number of hydrogen-bond donors (Lipinski definition) is 0. The molecule has 0 saturated heterocycles. The Labute approximate surface area is 191 Å². The van der Waals surface area contributed by atoms with Crippen molar-refractivity contribution in [3.63, 3.8) is 0 Å². The summed E-state index contributed by atoms with van der Waals surface area (Å²) in [6.45, 7) is 4.20. The van der Waals surface area contributed by atoms with Crippen LogP contribution in [0.15, 0.2) is 48.5 Å². The van der Waals surface area contributed by atoms with Crippen LogP contribution in [-0.2, 0) is 9.59 Å². The lowest BCUT2D eigenvalue weighted by atomic mass is 10.2. The number of ether oxygens (including phenoxy) is 2. The van der Waals surface area contributed by atoms with Crippen molar-refractivity contribution in [3.8, 4) is 35.2 Å². The van der Waals surface area contributed by atoms with E-state index in [-0.39, 0.29) is 11.9 Å². The molecule has 0 aliphatic heterocycles. The highest BCUT2D eigenvalue weighted by molar-refractivity contribution is 5.72. The van der Waals surface area contributed by atoms with Crippen LogP contribution in [0.2, 0.25) is 0 Å². The predicted molar refractivity (Wildman–Crippen MR) is 126 cm³/mol. The largest absolute Gasteiger partial charge is 0.427 e. The zero-order chi connectivity index (χ0) is 23.0. The maximum Gasteiger partial charge on any atom is 0.311 e. The Morgan fingerprint density at radius 2 is 1.00 bits per heavy atom. The minimum Gasteiger partial charge on any atom is -0.427 e. The molecule has 2 rings (SSSR count). The quantitative estimate of drug-likeness (QED) is 0.199. The molecule has 32 heavy (non-hydrogen) atoms. The van der Waals surface area contributed by atoms with Gasteiger partial charge < -0.3 is 9.47 Å². The van der Waals surface area contributed by atoms with Gasteiger partial charge in [-0.3, -0.25) is 9.59 Å². The third kappa shape index (κ3) is 10.0. The number of carbonyl (C=O) groups is 2. The van der Waals surface area contributed by atoms with Crippen LogP contribution in [0.5, 0.6) is 11.5 Å². The summed E-state index contributed by atoms with van der Waals surface area (Å²) >= 11 is 0. The van der Waals surface area contributed by atoms with E-state index in [9.17, 15) is 9.59 Å². The van der Waals surface area contributed by atoms with Crippen LogP contribution in [0.25, 0.3) is 0 Å². The summed E-state index contributed by atoms with van der Waals surface area (Å²) in [5.74, 6) is 12.2. The first-order valence-electron chi connectivity index (χ1n) is 11.2. The Kier molecular flexibility index (Phi) is 11.2. The molecule has 0 spiro atoms. The summed E-state index contributed by atoms with van der Waals surface area (Å²) in [7, 11) is 0. The first-order valence-corrected chi connectivity index (χ1v) is 11.2. The summed E-state index contributed by atoms with van der Waals surface area (Å²) < 4.78 is 10.6. The molecule has 166 valence electrons. The molecule has 0 unspecified atom stereocenters. The highest BCUT2D eigenvalue weighted by Crippen LogP contribution is 2.14. The zero-order valence-electron chi connectivity index (χ0n) is 18.9. The Balaban J connectivity index is 1.82. The highest BCUT2D eigenvalue weighted by atomic mass is 16.5. The second-order valence-electron chi connectivity index (χ2n) is 7.41. The normalized spacial score (nSPS) is 9.69. The monoisotopic (exact) mass is 430 g/mol. The summed E-state index contributed by atoms with van der Waals surface area (Å²) in [5, 5.41) is 0. The van der Waals surface area contributed by atoms with E-state index in [0.29, 0.717) is 24.3 Å². The van der Waals surface area contributed by atoms with Gasteiger partial charge in [-0.15, -0.1) is 0 Å². The van der Waals surface area contributed by atoms with E-state index in [1.807, 2.05) is 0 Å². The fraction of sp³-hybridized carbons (Fsp3) is 0.357. The minimum absolute atomic E-state index is 0.208. The van der Waals surface area contributed by atoms with Gasteiger partial charge >= 0.3 is 11.9 Å². The standard InChI is InChI=1S/C28H30O4/c1-3-5-7-13-27(29)31-25-19-15-23(16-20-25)11-9-10-12-24-17-21-26(22-18-24)32-28(30)14-8-6-4-2/h15-22H,3-8,13-14H2,1-2H3. The molecule has 2 aromatic carbocycles. The van der Waals surface area contributed by atoms with Crippen LogP contribution in [0.3, 0.4) is 0 Å².